The number of benzene rings is 1. The first-order chi connectivity index (χ1) is 5.65. The summed E-state index contributed by atoms with van der Waals surface area (Å²) in [6, 6.07) is 4.73. The summed E-state index contributed by atoms with van der Waals surface area (Å²) >= 11 is 2.03. The van der Waals surface area contributed by atoms with Gasteiger partial charge in [-0.25, -0.2) is 4.79 Å². The summed E-state index contributed by atoms with van der Waals surface area (Å²) in [4.78, 5) is 10.5. The second kappa shape index (κ2) is 3.75. The lowest BCUT2D eigenvalue weighted by molar-refractivity contribution is 0.0697. The van der Waals surface area contributed by atoms with Crippen LogP contribution in [0.15, 0.2) is 18.2 Å². The molecule has 0 amide bonds. The van der Waals surface area contributed by atoms with E-state index in [0.717, 1.165) is 3.57 Å². The molecule has 1 rings (SSSR count). The van der Waals surface area contributed by atoms with Crippen LogP contribution in [-0.2, 0) is 0 Å². The van der Waals surface area contributed by atoms with E-state index in [9.17, 15) is 4.79 Å². The molecule has 0 bridgehead atoms. The Morgan fingerprint density at radius 3 is 2.67 bits per heavy atom. The van der Waals surface area contributed by atoms with Gasteiger partial charge in [0.15, 0.2) is 0 Å². The Morgan fingerprint density at radius 2 is 2.25 bits per heavy atom. The van der Waals surface area contributed by atoms with Crippen LogP contribution in [0.5, 0.6) is 5.75 Å². The zero-order chi connectivity index (χ0) is 9.14. The van der Waals surface area contributed by atoms with E-state index in [4.69, 9.17) is 9.84 Å². The first kappa shape index (κ1) is 9.31. The lowest BCUT2D eigenvalue weighted by Crippen LogP contribution is -1.97. The molecule has 0 atom stereocenters. The summed E-state index contributed by atoms with van der Waals surface area (Å²) in [5.74, 6) is -0.226. The van der Waals surface area contributed by atoms with Gasteiger partial charge in [-0.05, 0) is 40.8 Å². The molecule has 1 N–H and O–H groups in total. The van der Waals surface area contributed by atoms with Gasteiger partial charge in [0.25, 0.3) is 0 Å². The Hall–Kier alpha value is -0.780. The van der Waals surface area contributed by atoms with E-state index in [-0.39, 0.29) is 5.56 Å². The van der Waals surface area contributed by atoms with Gasteiger partial charge in [0, 0.05) is 0 Å². The van der Waals surface area contributed by atoms with Crippen molar-refractivity contribution in [3.8, 4) is 5.75 Å². The number of halogens is 1. The van der Waals surface area contributed by atoms with E-state index in [1.165, 1.54) is 6.07 Å². The quantitative estimate of drug-likeness (QED) is 0.844. The average molecular weight is 282 g/mol. The second-order valence-electron chi connectivity index (χ2n) is 2.15. The fraction of sp³-hybridized carbons (Fsp3) is 0.125. The van der Waals surface area contributed by atoms with E-state index in [1.807, 2.05) is 22.6 Å². The van der Waals surface area contributed by atoms with Gasteiger partial charge in [0.05, 0.1) is 16.2 Å². The molecule has 0 heterocycles. The van der Waals surface area contributed by atoms with Crippen LogP contribution < -0.4 is 4.74 Å². The minimum atomic E-state index is -0.921. The van der Waals surface area contributed by atoms with Gasteiger partial charge in [-0.15, -0.1) is 0 Å². The number of methoxy groups -OCH3 is 1. The summed E-state index contributed by atoms with van der Waals surface area (Å²) < 4.78 is 5.78. The van der Waals surface area contributed by atoms with Crippen LogP contribution in [0.1, 0.15) is 10.4 Å². The zero-order valence-corrected chi connectivity index (χ0v) is 8.53. The molecule has 0 aliphatic carbocycles. The number of hydrogen-bond acceptors (Lipinski definition) is 2. The average Bonchev–Trinajstić information content (AvgIpc) is 2.04. The summed E-state index contributed by atoms with van der Waals surface area (Å²) in [7, 11) is 1.55. The zero-order valence-electron chi connectivity index (χ0n) is 6.37. The molecule has 3 nitrogen and oxygen atoms in total. The maximum atomic E-state index is 10.5. The molecule has 4 heteroatoms. The first-order valence-corrected chi connectivity index (χ1v) is 4.30. The van der Waals surface area contributed by atoms with Crippen LogP contribution in [0.4, 0.5) is 0 Å². The Bertz CT molecular complexity index is 309. The van der Waals surface area contributed by atoms with E-state index >= 15 is 0 Å². The molecule has 0 saturated carbocycles. The van der Waals surface area contributed by atoms with Crippen molar-refractivity contribution in [1.82, 2.24) is 0 Å². The molecule has 0 aliphatic rings. The minimum Gasteiger partial charge on any atom is -0.496 e. The van der Waals surface area contributed by atoms with Gasteiger partial charge >= 0.3 is 5.97 Å². The van der Waals surface area contributed by atoms with Gasteiger partial charge in [-0.3, -0.25) is 0 Å². The summed E-state index contributed by atoms with van der Waals surface area (Å²) in [6.07, 6.45) is 0. The highest BCUT2D eigenvalue weighted by molar-refractivity contribution is 14.1. The molecule has 1 aromatic carbocycles. The van der Waals surface area contributed by atoms with E-state index in [0.29, 0.717) is 5.75 Å². The predicted octanol–water partition coefficient (Wildman–Crippen LogP) is 2.00. The van der Waals surface area contributed by atoms with Gasteiger partial charge in [0.1, 0.15) is 5.75 Å². The highest BCUT2D eigenvalue weighted by atomic mass is 131. The fourth-order valence-electron chi connectivity index (χ4n) is 0.799. The molecule has 0 unspecified atom stereocenters. The highest BCUT2D eigenvalue weighted by Gasteiger charge is 2.05. The molecule has 0 radical (unpaired) electrons. The Morgan fingerprint density at radius 1 is 1.58 bits per heavy atom. The molecule has 0 saturated heterocycles. The van der Waals surface area contributed by atoms with Crippen LogP contribution in [0, 0.1) is 3.57 Å². The SMILES string of the molecule is COc1ccc(C(=O)O)cc1[131I]. The normalized spacial score (nSPS) is 9.50. The number of carboxylic acid groups (broad SMARTS) is 1. The second-order valence-corrected chi connectivity index (χ2v) is 3.32. The Labute approximate surface area is 83.5 Å². The van der Waals surface area contributed by atoms with E-state index in [2.05, 4.69) is 0 Å². The Kier molecular flexibility index (Phi) is 2.91. The highest BCUT2D eigenvalue weighted by Crippen LogP contribution is 2.21. The third-order valence-corrected chi connectivity index (χ3v) is 2.24. The van der Waals surface area contributed by atoms with Crippen molar-refractivity contribution in [2.75, 3.05) is 7.11 Å². The maximum Gasteiger partial charge on any atom is 0.335 e. The van der Waals surface area contributed by atoms with Crippen molar-refractivity contribution in [3.63, 3.8) is 0 Å². The maximum absolute atomic E-state index is 10.5. The lowest BCUT2D eigenvalue weighted by atomic mass is 10.2. The number of aromatic carboxylic acids is 1. The minimum absolute atomic E-state index is 0.278. The largest absolute Gasteiger partial charge is 0.496 e. The number of carboxylic acids is 1. The number of carbonyl (C=O) groups is 1. The third-order valence-electron chi connectivity index (χ3n) is 1.40. The summed E-state index contributed by atoms with van der Waals surface area (Å²) in [5.41, 5.74) is 0.278. The van der Waals surface area contributed by atoms with Crippen molar-refractivity contribution < 1.29 is 14.6 Å². The molecular formula is C8H7IO3. The topological polar surface area (TPSA) is 46.5 Å². The van der Waals surface area contributed by atoms with Gasteiger partial charge in [-0.1, -0.05) is 0 Å². The molecule has 0 fully saturated rings. The number of rotatable bonds is 2. The number of ether oxygens (including phenoxy) is 1. The standard InChI is InChI=1S/C8H7IO3/c1-12-7-3-2-5(8(10)11)4-6(7)9/h2-4H,1H3,(H,10,11)/i9+4. The molecule has 0 aromatic heterocycles. The van der Waals surface area contributed by atoms with Crippen LogP contribution in [0.25, 0.3) is 0 Å². The van der Waals surface area contributed by atoms with Gasteiger partial charge < -0.3 is 9.84 Å². The molecule has 1 aromatic rings. The molecular weight excluding hydrogens is 275 g/mol. The van der Waals surface area contributed by atoms with E-state index in [1.54, 1.807) is 19.2 Å². The van der Waals surface area contributed by atoms with E-state index < -0.39 is 5.97 Å². The monoisotopic (exact) mass is 282 g/mol. The third kappa shape index (κ3) is 1.88. The molecule has 64 valence electrons. The first-order valence-electron chi connectivity index (χ1n) is 3.22. The van der Waals surface area contributed by atoms with Gasteiger partial charge in [-0.2, -0.15) is 0 Å². The molecule has 0 spiro atoms. The van der Waals surface area contributed by atoms with Crippen molar-refractivity contribution in [2.24, 2.45) is 0 Å². The summed E-state index contributed by atoms with van der Waals surface area (Å²) in [5, 5.41) is 8.63. The smallest absolute Gasteiger partial charge is 0.335 e. The van der Waals surface area contributed by atoms with Crippen molar-refractivity contribution in [2.45, 2.75) is 0 Å². The van der Waals surface area contributed by atoms with Crippen LogP contribution in [0.2, 0.25) is 0 Å². The number of hydrogen-bond donors (Lipinski definition) is 1. The van der Waals surface area contributed by atoms with Crippen LogP contribution in [-0.4, -0.2) is 18.2 Å². The molecule has 0 aliphatic heterocycles. The molecule has 12 heavy (non-hydrogen) atoms. The van der Waals surface area contributed by atoms with Crippen molar-refractivity contribution in [1.29, 1.82) is 0 Å². The van der Waals surface area contributed by atoms with Crippen molar-refractivity contribution >= 4 is 28.6 Å². The van der Waals surface area contributed by atoms with Crippen molar-refractivity contribution in [3.05, 3.63) is 27.3 Å². The summed E-state index contributed by atoms with van der Waals surface area (Å²) in [6.45, 7) is 0. The van der Waals surface area contributed by atoms with Gasteiger partial charge in [0.2, 0.25) is 0 Å². The Balaban J connectivity index is 3.10. The van der Waals surface area contributed by atoms with Crippen LogP contribution in [0.3, 0.4) is 0 Å². The fourth-order valence-corrected chi connectivity index (χ4v) is 1.53. The predicted molar refractivity (Wildman–Crippen MR) is 52.7 cm³/mol. The lowest BCUT2D eigenvalue weighted by Gasteiger charge is -2.02. The van der Waals surface area contributed by atoms with Crippen LogP contribution >= 0.6 is 22.6 Å².